The molecule has 0 amide bonds. The molecule has 1 atom stereocenters. The summed E-state index contributed by atoms with van der Waals surface area (Å²) in [5, 5.41) is 9.33. The van der Waals surface area contributed by atoms with E-state index in [9.17, 15) is 5.26 Å². The van der Waals surface area contributed by atoms with Crippen molar-refractivity contribution in [2.45, 2.75) is 30.7 Å². The summed E-state index contributed by atoms with van der Waals surface area (Å²) >= 11 is 1.64. The Morgan fingerprint density at radius 2 is 2.18 bits per heavy atom. The lowest BCUT2D eigenvalue weighted by atomic mass is 10.1. The van der Waals surface area contributed by atoms with E-state index in [1.165, 1.54) is 12.8 Å². The van der Waals surface area contributed by atoms with Gasteiger partial charge < -0.3 is 4.90 Å². The average Bonchev–Trinajstić information content (AvgIpc) is 3.20. The summed E-state index contributed by atoms with van der Waals surface area (Å²) in [6.45, 7) is 2.25. The quantitative estimate of drug-likeness (QED) is 0.761. The standard InChI is InChI=1S/C14H18N2S/c1-10(11-7-8-11)16(2)13-5-4-6-14(17-3)12(13)9-15/h4-6,10-11H,7-8H2,1-3H3. The van der Waals surface area contributed by atoms with Crippen molar-refractivity contribution in [3.8, 4) is 6.07 Å². The third kappa shape index (κ3) is 2.42. The minimum absolute atomic E-state index is 0.527. The van der Waals surface area contributed by atoms with Crippen molar-refractivity contribution in [3.05, 3.63) is 23.8 Å². The Labute approximate surface area is 108 Å². The lowest BCUT2D eigenvalue weighted by molar-refractivity contribution is 0.608. The van der Waals surface area contributed by atoms with Gasteiger partial charge in [0.05, 0.1) is 11.3 Å². The van der Waals surface area contributed by atoms with Crippen LogP contribution in [0, 0.1) is 17.2 Å². The summed E-state index contributed by atoms with van der Waals surface area (Å²) in [6, 6.07) is 8.98. The highest BCUT2D eigenvalue weighted by Gasteiger charge is 2.31. The molecule has 3 heteroatoms. The number of rotatable bonds is 4. The third-order valence-electron chi connectivity index (χ3n) is 3.63. The molecule has 1 saturated carbocycles. The van der Waals surface area contributed by atoms with Crippen LogP contribution in [-0.2, 0) is 0 Å². The summed E-state index contributed by atoms with van der Waals surface area (Å²) in [6.07, 6.45) is 4.68. The Kier molecular flexibility index (Phi) is 3.63. The van der Waals surface area contributed by atoms with Crippen molar-refractivity contribution < 1.29 is 0 Å². The molecule has 1 aliphatic rings. The Balaban J connectivity index is 2.33. The second-order valence-corrected chi connectivity index (χ2v) is 5.50. The zero-order valence-corrected chi connectivity index (χ0v) is 11.4. The van der Waals surface area contributed by atoms with Crippen molar-refractivity contribution in [3.63, 3.8) is 0 Å². The fraction of sp³-hybridized carbons (Fsp3) is 0.500. The number of thioether (sulfide) groups is 1. The highest BCUT2D eigenvalue weighted by molar-refractivity contribution is 7.98. The molecule has 1 aromatic carbocycles. The van der Waals surface area contributed by atoms with Gasteiger partial charge in [-0.1, -0.05) is 6.07 Å². The van der Waals surface area contributed by atoms with Crippen LogP contribution in [0.1, 0.15) is 25.3 Å². The molecule has 0 radical (unpaired) electrons. The molecule has 1 fully saturated rings. The molecule has 0 bridgehead atoms. The van der Waals surface area contributed by atoms with Gasteiger partial charge in [0.1, 0.15) is 6.07 Å². The van der Waals surface area contributed by atoms with Gasteiger partial charge in [0.25, 0.3) is 0 Å². The molecule has 1 aliphatic carbocycles. The van der Waals surface area contributed by atoms with E-state index in [2.05, 4.69) is 31.0 Å². The zero-order valence-electron chi connectivity index (χ0n) is 10.6. The van der Waals surface area contributed by atoms with Crippen molar-refractivity contribution in [1.82, 2.24) is 0 Å². The molecular weight excluding hydrogens is 228 g/mol. The van der Waals surface area contributed by atoms with Crippen molar-refractivity contribution in [1.29, 1.82) is 5.26 Å². The summed E-state index contributed by atoms with van der Waals surface area (Å²) < 4.78 is 0. The molecule has 17 heavy (non-hydrogen) atoms. The van der Waals surface area contributed by atoms with Gasteiger partial charge in [-0.05, 0) is 44.1 Å². The largest absolute Gasteiger partial charge is 0.371 e. The SMILES string of the molecule is CSc1cccc(N(C)C(C)C2CC2)c1C#N. The van der Waals surface area contributed by atoms with E-state index in [0.29, 0.717) is 6.04 Å². The molecule has 0 N–H and O–H groups in total. The monoisotopic (exact) mass is 246 g/mol. The van der Waals surface area contributed by atoms with E-state index in [1.807, 2.05) is 18.4 Å². The van der Waals surface area contributed by atoms with E-state index in [0.717, 1.165) is 22.1 Å². The predicted molar refractivity (Wildman–Crippen MR) is 73.5 cm³/mol. The molecular formula is C14H18N2S. The minimum atomic E-state index is 0.527. The fourth-order valence-corrected chi connectivity index (χ4v) is 2.78. The van der Waals surface area contributed by atoms with Crippen LogP contribution in [0.25, 0.3) is 0 Å². The molecule has 0 aliphatic heterocycles. The predicted octanol–water partition coefficient (Wildman–Crippen LogP) is 3.51. The first kappa shape index (κ1) is 12.3. The normalized spacial score (nSPS) is 16.4. The van der Waals surface area contributed by atoms with Crippen LogP contribution >= 0.6 is 11.8 Å². The fourth-order valence-electron chi connectivity index (χ4n) is 2.21. The molecule has 0 saturated heterocycles. The lowest BCUT2D eigenvalue weighted by Crippen LogP contribution is -2.31. The number of benzene rings is 1. The highest BCUT2D eigenvalue weighted by Crippen LogP contribution is 2.38. The van der Waals surface area contributed by atoms with E-state index < -0.39 is 0 Å². The van der Waals surface area contributed by atoms with Gasteiger partial charge in [0, 0.05) is 18.0 Å². The molecule has 0 heterocycles. The second-order valence-electron chi connectivity index (χ2n) is 4.66. The third-order valence-corrected chi connectivity index (χ3v) is 4.41. The van der Waals surface area contributed by atoms with Crippen LogP contribution in [0.2, 0.25) is 0 Å². The number of hydrogen-bond donors (Lipinski definition) is 0. The van der Waals surface area contributed by atoms with Crippen LogP contribution in [0.4, 0.5) is 5.69 Å². The molecule has 2 nitrogen and oxygen atoms in total. The lowest BCUT2D eigenvalue weighted by Gasteiger charge is -2.28. The van der Waals surface area contributed by atoms with Gasteiger partial charge in [-0.15, -0.1) is 11.8 Å². The number of nitriles is 1. The first-order chi connectivity index (χ1) is 8.19. The molecule has 1 aromatic rings. The maximum Gasteiger partial charge on any atom is 0.103 e. The van der Waals surface area contributed by atoms with Gasteiger partial charge in [-0.25, -0.2) is 0 Å². The Morgan fingerprint density at radius 3 is 2.71 bits per heavy atom. The van der Waals surface area contributed by atoms with Crippen molar-refractivity contribution >= 4 is 17.4 Å². The molecule has 90 valence electrons. The second kappa shape index (κ2) is 5.01. The maximum atomic E-state index is 9.33. The van der Waals surface area contributed by atoms with Crippen LogP contribution in [-0.4, -0.2) is 19.3 Å². The van der Waals surface area contributed by atoms with E-state index in [4.69, 9.17) is 0 Å². The van der Waals surface area contributed by atoms with Crippen LogP contribution < -0.4 is 4.90 Å². The maximum absolute atomic E-state index is 9.33. The van der Waals surface area contributed by atoms with Crippen LogP contribution in [0.3, 0.4) is 0 Å². The first-order valence-corrected chi connectivity index (χ1v) is 7.21. The Bertz CT molecular complexity index is 446. The van der Waals surface area contributed by atoms with Gasteiger partial charge in [-0.2, -0.15) is 5.26 Å². The van der Waals surface area contributed by atoms with Gasteiger partial charge in [-0.3, -0.25) is 0 Å². The minimum Gasteiger partial charge on any atom is -0.371 e. The highest BCUT2D eigenvalue weighted by atomic mass is 32.2. The van der Waals surface area contributed by atoms with E-state index in [-0.39, 0.29) is 0 Å². The molecule has 0 spiro atoms. The smallest absolute Gasteiger partial charge is 0.103 e. The average molecular weight is 246 g/mol. The Hall–Kier alpha value is -1.14. The van der Waals surface area contributed by atoms with Gasteiger partial charge in [0.15, 0.2) is 0 Å². The topological polar surface area (TPSA) is 27.0 Å². The number of hydrogen-bond acceptors (Lipinski definition) is 3. The first-order valence-electron chi connectivity index (χ1n) is 5.99. The molecule has 1 unspecified atom stereocenters. The van der Waals surface area contributed by atoms with Gasteiger partial charge >= 0.3 is 0 Å². The summed E-state index contributed by atoms with van der Waals surface area (Å²) in [7, 11) is 2.10. The van der Waals surface area contributed by atoms with E-state index in [1.54, 1.807) is 11.8 Å². The number of nitrogens with zero attached hydrogens (tertiary/aromatic N) is 2. The van der Waals surface area contributed by atoms with Gasteiger partial charge in [0.2, 0.25) is 0 Å². The number of anilines is 1. The molecule has 0 aromatic heterocycles. The summed E-state index contributed by atoms with van der Waals surface area (Å²) in [5.41, 5.74) is 1.88. The van der Waals surface area contributed by atoms with Crippen LogP contribution in [0.15, 0.2) is 23.1 Å². The summed E-state index contributed by atoms with van der Waals surface area (Å²) in [5.74, 6) is 0.810. The Morgan fingerprint density at radius 1 is 1.47 bits per heavy atom. The summed E-state index contributed by atoms with van der Waals surface area (Å²) in [4.78, 5) is 3.33. The molecule has 2 rings (SSSR count). The van der Waals surface area contributed by atoms with Crippen LogP contribution in [0.5, 0.6) is 0 Å². The van der Waals surface area contributed by atoms with E-state index >= 15 is 0 Å². The zero-order chi connectivity index (χ0) is 12.4. The van der Waals surface area contributed by atoms with Crippen molar-refractivity contribution in [2.75, 3.05) is 18.2 Å². The van der Waals surface area contributed by atoms with Crippen molar-refractivity contribution in [2.24, 2.45) is 5.92 Å².